The van der Waals surface area contributed by atoms with E-state index < -0.39 is 17.2 Å². The molecule has 32 heavy (non-hydrogen) atoms. The number of fused-ring (bicyclic) bond motifs is 1. The fourth-order valence-corrected chi connectivity index (χ4v) is 3.52. The molecule has 164 valence electrons. The molecule has 3 aromatic rings. The van der Waals surface area contributed by atoms with Gasteiger partial charge in [-0.25, -0.2) is 0 Å². The summed E-state index contributed by atoms with van der Waals surface area (Å²) in [6, 6.07) is 12.3. The summed E-state index contributed by atoms with van der Waals surface area (Å²) in [6.45, 7) is 5.06. The van der Waals surface area contributed by atoms with Crippen LogP contribution in [0, 0.1) is 0 Å². The Hall–Kier alpha value is -2.28. The van der Waals surface area contributed by atoms with E-state index in [1.165, 1.54) is 5.56 Å². The van der Waals surface area contributed by atoms with E-state index >= 15 is 0 Å². The zero-order valence-electron chi connectivity index (χ0n) is 18.9. The third-order valence-electron chi connectivity index (χ3n) is 4.95. The van der Waals surface area contributed by atoms with Gasteiger partial charge in [-0.15, -0.1) is 0 Å². The number of rotatable bonds is 11. The first-order valence-corrected chi connectivity index (χ1v) is 10.7. The largest absolute Gasteiger partial charge is 1.00 e. The summed E-state index contributed by atoms with van der Waals surface area (Å²) < 4.78 is 17.4. The van der Waals surface area contributed by atoms with E-state index in [-0.39, 0.29) is 35.1 Å². The van der Waals surface area contributed by atoms with Crippen molar-refractivity contribution in [2.24, 2.45) is 0 Å². The summed E-state index contributed by atoms with van der Waals surface area (Å²) >= 11 is 0. The van der Waals surface area contributed by atoms with Crippen LogP contribution in [-0.4, -0.2) is 19.2 Å². The summed E-state index contributed by atoms with van der Waals surface area (Å²) in [5.74, 6) is -0.517. The summed E-state index contributed by atoms with van der Waals surface area (Å²) in [6.07, 6.45) is 4.08. The van der Waals surface area contributed by atoms with Gasteiger partial charge in [-0.2, -0.15) is 0 Å². The van der Waals surface area contributed by atoms with Gasteiger partial charge >= 0.3 is 29.6 Å². The second-order valence-electron chi connectivity index (χ2n) is 7.34. The SMILES string of the molecule is CCCc1ccccc1OCCCOc1ccc2c(=O)cc(C(=O)[O-])oc2c1CCC.[Na+]. The Balaban J connectivity index is 0.00000363. The van der Waals surface area contributed by atoms with Gasteiger partial charge in [0, 0.05) is 18.1 Å². The quantitative estimate of drug-likeness (QED) is 0.321. The predicted molar refractivity (Wildman–Crippen MR) is 117 cm³/mol. The second-order valence-corrected chi connectivity index (χ2v) is 7.34. The summed E-state index contributed by atoms with van der Waals surface area (Å²) in [4.78, 5) is 23.5. The first kappa shape index (κ1) is 26.0. The van der Waals surface area contributed by atoms with Crippen LogP contribution in [0.2, 0.25) is 0 Å². The first-order valence-electron chi connectivity index (χ1n) is 10.7. The number of ether oxygens (including phenoxy) is 2. The van der Waals surface area contributed by atoms with E-state index in [0.29, 0.717) is 42.8 Å². The van der Waals surface area contributed by atoms with E-state index in [2.05, 4.69) is 13.0 Å². The van der Waals surface area contributed by atoms with E-state index in [4.69, 9.17) is 13.9 Å². The van der Waals surface area contributed by atoms with Gasteiger partial charge in [-0.3, -0.25) is 4.79 Å². The number of carbonyl (C=O) groups is 1. The molecule has 1 aromatic heterocycles. The molecule has 0 fully saturated rings. The molecule has 2 aromatic carbocycles. The van der Waals surface area contributed by atoms with Crippen molar-refractivity contribution in [3.05, 3.63) is 69.6 Å². The number of hydrogen-bond acceptors (Lipinski definition) is 6. The number of carboxylic acids is 1. The van der Waals surface area contributed by atoms with Crippen LogP contribution in [0.3, 0.4) is 0 Å². The molecular weight excluding hydrogens is 419 g/mol. The Morgan fingerprint density at radius 2 is 1.66 bits per heavy atom. The van der Waals surface area contributed by atoms with Gasteiger partial charge in [0.1, 0.15) is 23.1 Å². The Morgan fingerprint density at radius 3 is 2.34 bits per heavy atom. The van der Waals surface area contributed by atoms with Crippen molar-refractivity contribution < 1.29 is 53.3 Å². The standard InChI is InChI=1S/C25H28O6.Na/c1-3-8-17-10-5-6-11-21(17)29-14-7-15-30-22-13-12-18-20(26)16-23(25(27)28)31-24(18)19(22)9-4-2;/h5-6,10-13,16H,3-4,7-9,14-15H2,1-2H3,(H,27,28);/q;+1/p-1. The van der Waals surface area contributed by atoms with Crippen molar-refractivity contribution in [1.82, 2.24) is 0 Å². The van der Waals surface area contributed by atoms with Gasteiger partial charge < -0.3 is 23.8 Å². The van der Waals surface area contributed by atoms with Crippen LogP contribution in [-0.2, 0) is 12.8 Å². The smallest absolute Gasteiger partial charge is 0.542 e. The number of carboxylic acid groups (broad SMARTS) is 1. The van der Waals surface area contributed by atoms with Crippen LogP contribution in [0.25, 0.3) is 11.0 Å². The average Bonchev–Trinajstić information content (AvgIpc) is 2.76. The van der Waals surface area contributed by atoms with Crippen molar-refractivity contribution in [2.75, 3.05) is 13.2 Å². The van der Waals surface area contributed by atoms with Crippen molar-refractivity contribution in [3.8, 4) is 11.5 Å². The van der Waals surface area contributed by atoms with Crippen molar-refractivity contribution in [2.45, 2.75) is 46.0 Å². The maximum Gasteiger partial charge on any atom is 1.00 e. The number of aromatic carboxylic acids is 1. The Kier molecular flexibility index (Phi) is 10.3. The van der Waals surface area contributed by atoms with Gasteiger partial charge in [0.15, 0.2) is 11.2 Å². The van der Waals surface area contributed by atoms with Crippen LogP contribution < -0.4 is 49.6 Å². The van der Waals surface area contributed by atoms with Crippen LogP contribution in [0.4, 0.5) is 0 Å². The minimum atomic E-state index is -1.52. The molecule has 0 saturated heterocycles. The molecule has 6 nitrogen and oxygen atoms in total. The van der Waals surface area contributed by atoms with Crippen molar-refractivity contribution >= 4 is 16.9 Å². The van der Waals surface area contributed by atoms with Crippen LogP contribution in [0.15, 0.2) is 51.7 Å². The van der Waals surface area contributed by atoms with E-state index in [9.17, 15) is 14.7 Å². The molecule has 0 N–H and O–H groups in total. The summed E-state index contributed by atoms with van der Waals surface area (Å²) in [5, 5.41) is 11.5. The van der Waals surface area contributed by atoms with Gasteiger partial charge in [-0.05, 0) is 36.6 Å². The minimum absolute atomic E-state index is 0. The molecule has 1 heterocycles. The summed E-state index contributed by atoms with van der Waals surface area (Å²) in [5.41, 5.74) is 1.72. The van der Waals surface area contributed by atoms with Crippen molar-refractivity contribution in [3.63, 3.8) is 0 Å². The van der Waals surface area contributed by atoms with Gasteiger partial charge in [-0.1, -0.05) is 44.9 Å². The van der Waals surface area contributed by atoms with Gasteiger partial charge in [0.05, 0.1) is 18.6 Å². The predicted octanol–water partition coefficient (Wildman–Crippen LogP) is 0.913. The van der Waals surface area contributed by atoms with Gasteiger partial charge in [0.2, 0.25) is 0 Å². The molecule has 0 radical (unpaired) electrons. The first-order chi connectivity index (χ1) is 15.0. The third kappa shape index (κ3) is 6.37. The topological polar surface area (TPSA) is 88.8 Å². The minimum Gasteiger partial charge on any atom is -0.542 e. The Labute approximate surface area is 209 Å². The average molecular weight is 446 g/mol. The molecule has 0 amide bonds. The summed E-state index contributed by atoms with van der Waals surface area (Å²) in [7, 11) is 0. The molecule has 0 saturated carbocycles. The number of para-hydroxylation sites is 1. The fraction of sp³-hybridized carbons (Fsp3) is 0.360. The van der Waals surface area contributed by atoms with Crippen LogP contribution in [0.1, 0.15) is 54.8 Å². The maximum absolute atomic E-state index is 12.3. The normalized spacial score (nSPS) is 10.6. The zero-order valence-corrected chi connectivity index (χ0v) is 20.9. The fourth-order valence-electron chi connectivity index (χ4n) is 3.52. The number of carbonyl (C=O) groups excluding carboxylic acids is 1. The van der Waals surface area contributed by atoms with E-state index in [1.807, 2.05) is 25.1 Å². The monoisotopic (exact) mass is 446 g/mol. The maximum atomic E-state index is 12.3. The van der Waals surface area contributed by atoms with E-state index in [0.717, 1.165) is 31.1 Å². The van der Waals surface area contributed by atoms with E-state index in [1.54, 1.807) is 12.1 Å². The van der Waals surface area contributed by atoms with Crippen LogP contribution >= 0.6 is 0 Å². The molecule has 7 heteroatoms. The molecule has 3 rings (SSSR count). The molecule has 0 unspecified atom stereocenters. The molecule has 0 aliphatic carbocycles. The number of aryl methyl sites for hydroxylation is 2. The zero-order chi connectivity index (χ0) is 22.2. The Bertz CT molecular complexity index is 1110. The second kappa shape index (κ2) is 12.7. The molecular formula is C25H27NaO6. The number of benzene rings is 2. The number of hydrogen-bond donors (Lipinski definition) is 0. The Morgan fingerprint density at radius 1 is 0.969 bits per heavy atom. The molecule has 0 atom stereocenters. The molecule has 0 spiro atoms. The molecule has 0 aliphatic rings. The van der Waals surface area contributed by atoms with Gasteiger partial charge in [0.25, 0.3) is 0 Å². The molecule has 0 aliphatic heterocycles. The third-order valence-corrected chi connectivity index (χ3v) is 4.95. The van der Waals surface area contributed by atoms with Crippen molar-refractivity contribution in [1.29, 1.82) is 0 Å². The van der Waals surface area contributed by atoms with Crippen LogP contribution in [0.5, 0.6) is 11.5 Å². The molecule has 0 bridgehead atoms.